The molecule has 0 fully saturated rings. The topological polar surface area (TPSA) is 63.7 Å². The second kappa shape index (κ2) is 8.36. The van der Waals surface area contributed by atoms with Gasteiger partial charge in [0.05, 0.1) is 27.8 Å². The van der Waals surface area contributed by atoms with Gasteiger partial charge in [-0.25, -0.2) is 12.8 Å². The van der Waals surface area contributed by atoms with E-state index in [1.54, 1.807) is 0 Å². The summed E-state index contributed by atoms with van der Waals surface area (Å²) in [7, 11) is -4.55. The number of halogens is 5. The minimum Gasteiger partial charge on any atom is -0.465 e. The highest BCUT2D eigenvalue weighted by Gasteiger charge is 2.34. The average Bonchev–Trinajstić information content (AvgIpc) is 2.60. The van der Waals surface area contributed by atoms with Crippen molar-refractivity contribution >= 4 is 33.3 Å². The van der Waals surface area contributed by atoms with Gasteiger partial charge in [0.1, 0.15) is 12.4 Å². The van der Waals surface area contributed by atoms with E-state index in [1.807, 2.05) is 0 Å². The lowest BCUT2D eigenvalue weighted by molar-refractivity contribution is -0.141. The molecule has 0 N–H and O–H groups in total. The molecule has 0 aromatic heterocycles. The van der Waals surface area contributed by atoms with Crippen molar-refractivity contribution in [1.82, 2.24) is 0 Å². The maximum Gasteiger partial charge on any atom is 0.416 e. The zero-order chi connectivity index (χ0) is 21.1. The number of sulfonamides is 1. The molecule has 0 aliphatic rings. The number of rotatable bonds is 6. The van der Waals surface area contributed by atoms with E-state index in [4.69, 9.17) is 16.3 Å². The van der Waals surface area contributed by atoms with Crippen LogP contribution in [0.5, 0.6) is 0 Å². The molecule has 0 saturated carbocycles. The number of hydrogen-bond donors (Lipinski definition) is 0. The van der Waals surface area contributed by atoms with Crippen molar-refractivity contribution in [2.24, 2.45) is 0 Å². The summed E-state index contributed by atoms with van der Waals surface area (Å²) in [6.45, 7) is 0.488. The number of carbonyl (C=O) groups is 1. The first-order valence-electron chi connectivity index (χ1n) is 7.77. The van der Waals surface area contributed by atoms with Crippen LogP contribution < -0.4 is 4.31 Å². The van der Waals surface area contributed by atoms with Crippen LogP contribution in [-0.4, -0.2) is 27.5 Å². The lowest BCUT2D eigenvalue weighted by Gasteiger charge is -2.25. The highest BCUT2D eigenvalue weighted by atomic mass is 35.5. The number of ether oxygens (including phenoxy) is 1. The van der Waals surface area contributed by atoms with Gasteiger partial charge in [-0.05, 0) is 49.4 Å². The molecule has 152 valence electrons. The molecule has 0 radical (unpaired) electrons. The summed E-state index contributed by atoms with van der Waals surface area (Å²) in [5.74, 6) is -1.71. The Labute approximate surface area is 163 Å². The zero-order valence-electron chi connectivity index (χ0n) is 14.3. The SMILES string of the molecule is CCOC(=O)CN(c1cc(C(F)(F)F)ccc1Cl)S(=O)(=O)c1ccc(F)cc1. The predicted molar refractivity (Wildman–Crippen MR) is 94.0 cm³/mol. The van der Waals surface area contributed by atoms with Crippen molar-refractivity contribution in [3.05, 3.63) is 58.9 Å². The molecule has 5 nitrogen and oxygen atoms in total. The van der Waals surface area contributed by atoms with E-state index >= 15 is 0 Å². The molecule has 2 aromatic rings. The van der Waals surface area contributed by atoms with Crippen molar-refractivity contribution in [2.45, 2.75) is 18.0 Å². The molecular weight excluding hydrogens is 426 g/mol. The van der Waals surface area contributed by atoms with Gasteiger partial charge in [-0.15, -0.1) is 0 Å². The fourth-order valence-corrected chi connectivity index (χ4v) is 3.93. The lowest BCUT2D eigenvalue weighted by atomic mass is 10.2. The Hall–Kier alpha value is -2.33. The Morgan fingerprint density at radius 2 is 1.75 bits per heavy atom. The van der Waals surface area contributed by atoms with Gasteiger partial charge >= 0.3 is 12.1 Å². The molecule has 0 heterocycles. The summed E-state index contributed by atoms with van der Waals surface area (Å²) in [5, 5.41) is -0.331. The van der Waals surface area contributed by atoms with E-state index in [0.29, 0.717) is 16.4 Å². The number of esters is 1. The van der Waals surface area contributed by atoms with Crippen LogP contribution in [-0.2, 0) is 25.7 Å². The minimum atomic E-state index is -4.77. The maximum absolute atomic E-state index is 13.1. The van der Waals surface area contributed by atoms with Crippen molar-refractivity contribution < 1.29 is 35.5 Å². The van der Waals surface area contributed by atoms with Crippen LogP contribution >= 0.6 is 11.6 Å². The smallest absolute Gasteiger partial charge is 0.416 e. The Balaban J connectivity index is 2.63. The second-order valence-corrected chi connectivity index (χ2v) is 7.70. The summed E-state index contributed by atoms with van der Waals surface area (Å²) in [5.41, 5.74) is -1.72. The first-order chi connectivity index (χ1) is 13.0. The van der Waals surface area contributed by atoms with Gasteiger partial charge in [0.25, 0.3) is 10.0 Å². The summed E-state index contributed by atoms with van der Waals surface area (Å²) in [6.07, 6.45) is -4.77. The van der Waals surface area contributed by atoms with Gasteiger partial charge in [0.15, 0.2) is 0 Å². The fourth-order valence-electron chi connectivity index (χ4n) is 2.24. The van der Waals surface area contributed by atoms with E-state index in [2.05, 4.69) is 0 Å². The number of benzene rings is 2. The zero-order valence-corrected chi connectivity index (χ0v) is 15.9. The number of carbonyl (C=O) groups excluding carboxylic acids is 1. The maximum atomic E-state index is 13.1. The summed E-state index contributed by atoms with van der Waals surface area (Å²) >= 11 is 5.93. The highest BCUT2D eigenvalue weighted by molar-refractivity contribution is 7.92. The number of nitrogens with zero attached hydrogens (tertiary/aromatic N) is 1. The molecule has 0 amide bonds. The molecule has 11 heteroatoms. The standard InChI is InChI=1S/C17H14ClF4NO4S/c1-2-27-16(24)10-23(28(25,26)13-6-4-12(19)5-7-13)15-9-11(17(20,21)22)3-8-14(15)18/h3-9H,2,10H2,1H3. The van der Waals surface area contributed by atoms with Crippen molar-refractivity contribution in [1.29, 1.82) is 0 Å². The van der Waals surface area contributed by atoms with Crippen LogP contribution in [0.25, 0.3) is 0 Å². The molecule has 0 aliphatic carbocycles. The van der Waals surface area contributed by atoms with Crippen molar-refractivity contribution in [3.63, 3.8) is 0 Å². The first-order valence-corrected chi connectivity index (χ1v) is 9.59. The molecule has 0 bridgehead atoms. The third kappa shape index (κ3) is 4.93. The molecule has 0 unspecified atom stereocenters. The van der Waals surface area contributed by atoms with Crippen LogP contribution in [0.1, 0.15) is 12.5 Å². The number of anilines is 1. The van der Waals surface area contributed by atoms with E-state index in [0.717, 1.165) is 30.3 Å². The molecule has 0 saturated heterocycles. The van der Waals surface area contributed by atoms with Crippen LogP contribution in [0.4, 0.5) is 23.2 Å². The lowest BCUT2D eigenvalue weighted by Crippen LogP contribution is -2.37. The molecule has 0 atom stereocenters. The summed E-state index contributed by atoms with van der Waals surface area (Å²) < 4.78 is 83.3. The molecule has 2 aromatic carbocycles. The minimum absolute atomic E-state index is 0.0698. The van der Waals surface area contributed by atoms with Gasteiger partial charge in [-0.3, -0.25) is 9.10 Å². The molecule has 0 aliphatic heterocycles. The van der Waals surface area contributed by atoms with E-state index in [-0.39, 0.29) is 11.6 Å². The van der Waals surface area contributed by atoms with Crippen LogP contribution in [0, 0.1) is 5.82 Å². The third-order valence-corrected chi connectivity index (χ3v) is 5.62. The van der Waals surface area contributed by atoms with E-state index < -0.39 is 50.7 Å². The van der Waals surface area contributed by atoms with Gasteiger partial charge in [-0.1, -0.05) is 11.6 Å². The Morgan fingerprint density at radius 1 is 1.14 bits per heavy atom. The van der Waals surface area contributed by atoms with Crippen LogP contribution in [0.2, 0.25) is 5.02 Å². The normalized spacial score (nSPS) is 11.9. The summed E-state index contributed by atoms with van der Waals surface area (Å²) in [6, 6.07) is 5.64. The Kier molecular flexibility index (Phi) is 6.56. The average molecular weight is 440 g/mol. The fraction of sp³-hybridized carbons (Fsp3) is 0.235. The van der Waals surface area contributed by atoms with E-state index in [1.165, 1.54) is 6.92 Å². The Bertz CT molecular complexity index is 962. The van der Waals surface area contributed by atoms with Gasteiger partial charge < -0.3 is 4.74 Å². The molecular formula is C17H14ClF4NO4S. The molecule has 2 rings (SSSR count). The quantitative estimate of drug-likeness (QED) is 0.498. The second-order valence-electron chi connectivity index (χ2n) is 5.43. The highest BCUT2D eigenvalue weighted by Crippen LogP contribution is 2.37. The van der Waals surface area contributed by atoms with Gasteiger partial charge in [0.2, 0.25) is 0 Å². The van der Waals surface area contributed by atoms with Gasteiger partial charge in [0, 0.05) is 0 Å². The predicted octanol–water partition coefficient (Wildman–Crippen LogP) is 4.26. The number of hydrogen-bond acceptors (Lipinski definition) is 4. The molecule has 28 heavy (non-hydrogen) atoms. The van der Waals surface area contributed by atoms with Crippen molar-refractivity contribution in [3.8, 4) is 0 Å². The molecule has 0 spiro atoms. The van der Waals surface area contributed by atoms with Crippen molar-refractivity contribution in [2.75, 3.05) is 17.5 Å². The van der Waals surface area contributed by atoms with E-state index in [9.17, 15) is 30.8 Å². The monoisotopic (exact) mass is 439 g/mol. The summed E-state index contributed by atoms with van der Waals surface area (Å²) in [4.78, 5) is 11.5. The first kappa shape index (κ1) is 22.0. The van der Waals surface area contributed by atoms with Gasteiger partial charge in [-0.2, -0.15) is 13.2 Å². The van der Waals surface area contributed by atoms with Crippen LogP contribution in [0.3, 0.4) is 0 Å². The Morgan fingerprint density at radius 3 is 2.29 bits per heavy atom. The van der Waals surface area contributed by atoms with Crippen LogP contribution in [0.15, 0.2) is 47.4 Å². The number of alkyl halides is 3. The third-order valence-electron chi connectivity index (χ3n) is 3.52. The largest absolute Gasteiger partial charge is 0.465 e.